The van der Waals surface area contributed by atoms with Gasteiger partial charge in [0, 0.05) is 19.3 Å². The lowest BCUT2D eigenvalue weighted by Crippen LogP contribution is -2.23. The van der Waals surface area contributed by atoms with Crippen molar-refractivity contribution in [2.24, 2.45) is 0 Å². The predicted octanol–water partition coefficient (Wildman–Crippen LogP) is 0.944. The Morgan fingerprint density at radius 1 is 1.53 bits per heavy atom. The molecule has 1 aromatic rings. The Bertz CT molecular complexity index is 269. The molecule has 0 spiro atoms. The van der Waals surface area contributed by atoms with Crippen molar-refractivity contribution in [2.75, 3.05) is 27.2 Å². The van der Waals surface area contributed by atoms with Crippen LogP contribution in [0.4, 0.5) is 0 Å². The van der Waals surface area contributed by atoms with Crippen LogP contribution in [0.1, 0.15) is 19.0 Å². The van der Waals surface area contributed by atoms with E-state index in [1.165, 1.54) is 12.1 Å². The maximum absolute atomic E-state index is 4.26. The van der Waals surface area contributed by atoms with Crippen LogP contribution >= 0.6 is 0 Å². The van der Waals surface area contributed by atoms with Crippen LogP contribution in [-0.4, -0.2) is 41.9 Å². The SMILES string of the molecule is CCn1nccc1CN(C)CCCNC. The lowest BCUT2D eigenvalue weighted by atomic mass is 10.3. The summed E-state index contributed by atoms with van der Waals surface area (Å²) in [7, 11) is 4.15. The van der Waals surface area contributed by atoms with Gasteiger partial charge in [-0.3, -0.25) is 4.68 Å². The van der Waals surface area contributed by atoms with Crippen molar-refractivity contribution in [3.05, 3.63) is 18.0 Å². The van der Waals surface area contributed by atoms with Gasteiger partial charge in [-0.2, -0.15) is 5.10 Å². The van der Waals surface area contributed by atoms with E-state index in [1.807, 2.05) is 13.2 Å². The molecule has 0 aliphatic heterocycles. The molecule has 1 rings (SSSR count). The first kappa shape index (κ1) is 12.2. The number of hydrogen-bond donors (Lipinski definition) is 1. The molecule has 0 amide bonds. The van der Waals surface area contributed by atoms with Crippen LogP contribution in [0.15, 0.2) is 12.3 Å². The molecule has 0 saturated heterocycles. The minimum Gasteiger partial charge on any atom is -0.320 e. The monoisotopic (exact) mass is 210 g/mol. The largest absolute Gasteiger partial charge is 0.320 e. The minimum absolute atomic E-state index is 0.951. The van der Waals surface area contributed by atoms with E-state index in [0.717, 1.165) is 26.2 Å². The van der Waals surface area contributed by atoms with Crippen molar-refractivity contribution < 1.29 is 0 Å². The molecular formula is C11H22N4. The van der Waals surface area contributed by atoms with Gasteiger partial charge in [-0.1, -0.05) is 0 Å². The summed E-state index contributed by atoms with van der Waals surface area (Å²) in [5, 5.41) is 7.42. The Kier molecular flexibility index (Phi) is 5.36. The highest BCUT2D eigenvalue weighted by molar-refractivity contribution is 4.99. The van der Waals surface area contributed by atoms with Crippen LogP contribution in [0, 0.1) is 0 Å². The normalized spacial score (nSPS) is 11.2. The van der Waals surface area contributed by atoms with E-state index >= 15 is 0 Å². The summed E-state index contributed by atoms with van der Waals surface area (Å²) in [4.78, 5) is 2.33. The first-order valence-corrected chi connectivity index (χ1v) is 5.61. The molecule has 0 aliphatic rings. The summed E-state index contributed by atoms with van der Waals surface area (Å²) in [6.45, 7) is 6.26. The van der Waals surface area contributed by atoms with Crippen LogP contribution in [0.2, 0.25) is 0 Å². The third-order valence-corrected chi connectivity index (χ3v) is 2.50. The van der Waals surface area contributed by atoms with Gasteiger partial charge in [0.15, 0.2) is 0 Å². The van der Waals surface area contributed by atoms with Gasteiger partial charge in [0.1, 0.15) is 0 Å². The fourth-order valence-electron chi connectivity index (χ4n) is 1.66. The quantitative estimate of drug-likeness (QED) is 0.680. The summed E-state index contributed by atoms with van der Waals surface area (Å²) >= 11 is 0. The van der Waals surface area contributed by atoms with E-state index in [9.17, 15) is 0 Å². The molecule has 0 unspecified atom stereocenters. The van der Waals surface area contributed by atoms with Gasteiger partial charge in [-0.25, -0.2) is 0 Å². The standard InChI is InChI=1S/C11H22N4/c1-4-15-11(6-8-13-15)10-14(3)9-5-7-12-2/h6,8,12H,4-5,7,9-10H2,1-3H3. The Balaban J connectivity index is 2.33. The number of aromatic nitrogens is 2. The van der Waals surface area contributed by atoms with Gasteiger partial charge in [-0.05, 0) is 46.6 Å². The summed E-state index contributed by atoms with van der Waals surface area (Å²) in [5.74, 6) is 0. The van der Waals surface area contributed by atoms with Gasteiger partial charge < -0.3 is 10.2 Å². The highest BCUT2D eigenvalue weighted by Crippen LogP contribution is 2.02. The molecule has 4 nitrogen and oxygen atoms in total. The molecule has 1 aromatic heterocycles. The first-order chi connectivity index (χ1) is 7.27. The van der Waals surface area contributed by atoms with Crippen LogP contribution < -0.4 is 5.32 Å². The van der Waals surface area contributed by atoms with Gasteiger partial charge in [0.2, 0.25) is 0 Å². The predicted molar refractivity (Wildman–Crippen MR) is 62.8 cm³/mol. The lowest BCUT2D eigenvalue weighted by molar-refractivity contribution is 0.310. The average Bonchev–Trinajstić information content (AvgIpc) is 2.65. The maximum atomic E-state index is 4.26. The van der Waals surface area contributed by atoms with Crippen molar-refractivity contribution in [1.29, 1.82) is 0 Å². The van der Waals surface area contributed by atoms with Gasteiger partial charge in [0.05, 0.1) is 5.69 Å². The fraction of sp³-hybridized carbons (Fsp3) is 0.727. The van der Waals surface area contributed by atoms with Crippen molar-refractivity contribution in [1.82, 2.24) is 20.0 Å². The lowest BCUT2D eigenvalue weighted by Gasteiger charge is -2.16. The van der Waals surface area contributed by atoms with E-state index in [0.29, 0.717) is 0 Å². The molecule has 1 N–H and O–H groups in total. The molecule has 0 radical (unpaired) electrons. The van der Waals surface area contributed by atoms with Gasteiger partial charge in [-0.15, -0.1) is 0 Å². The van der Waals surface area contributed by atoms with Crippen LogP contribution in [0.5, 0.6) is 0 Å². The van der Waals surface area contributed by atoms with Crippen molar-refractivity contribution in [3.63, 3.8) is 0 Å². The number of nitrogens with one attached hydrogen (secondary N) is 1. The van der Waals surface area contributed by atoms with Crippen LogP contribution in [-0.2, 0) is 13.1 Å². The van der Waals surface area contributed by atoms with Crippen molar-refractivity contribution >= 4 is 0 Å². The Morgan fingerprint density at radius 3 is 3.00 bits per heavy atom. The topological polar surface area (TPSA) is 33.1 Å². The number of rotatable bonds is 7. The second-order valence-corrected chi connectivity index (χ2v) is 3.83. The summed E-state index contributed by atoms with van der Waals surface area (Å²) in [5.41, 5.74) is 1.30. The summed E-state index contributed by atoms with van der Waals surface area (Å²) in [6, 6.07) is 2.10. The third-order valence-electron chi connectivity index (χ3n) is 2.50. The molecular weight excluding hydrogens is 188 g/mol. The van der Waals surface area contributed by atoms with E-state index in [4.69, 9.17) is 0 Å². The molecule has 0 saturated carbocycles. The van der Waals surface area contributed by atoms with E-state index < -0.39 is 0 Å². The Hall–Kier alpha value is -0.870. The molecule has 0 bridgehead atoms. The highest BCUT2D eigenvalue weighted by atomic mass is 15.3. The Labute approximate surface area is 92.3 Å². The number of nitrogens with zero attached hydrogens (tertiary/aromatic N) is 3. The highest BCUT2D eigenvalue weighted by Gasteiger charge is 2.04. The number of aryl methyl sites for hydroxylation is 1. The molecule has 15 heavy (non-hydrogen) atoms. The molecule has 86 valence electrons. The zero-order chi connectivity index (χ0) is 11.1. The second-order valence-electron chi connectivity index (χ2n) is 3.83. The average molecular weight is 210 g/mol. The van der Waals surface area contributed by atoms with E-state index in [1.54, 1.807) is 0 Å². The van der Waals surface area contributed by atoms with Crippen molar-refractivity contribution in [2.45, 2.75) is 26.4 Å². The molecule has 0 fully saturated rings. The minimum atomic E-state index is 0.951. The van der Waals surface area contributed by atoms with Crippen LogP contribution in [0.3, 0.4) is 0 Å². The van der Waals surface area contributed by atoms with E-state index in [-0.39, 0.29) is 0 Å². The fourth-order valence-corrected chi connectivity index (χ4v) is 1.66. The molecule has 0 aliphatic carbocycles. The Morgan fingerprint density at radius 2 is 2.33 bits per heavy atom. The summed E-state index contributed by atoms with van der Waals surface area (Å²) < 4.78 is 2.05. The molecule has 4 heteroatoms. The molecule has 0 atom stereocenters. The zero-order valence-corrected chi connectivity index (χ0v) is 10.0. The summed E-state index contributed by atoms with van der Waals surface area (Å²) in [6.07, 6.45) is 3.06. The number of hydrogen-bond acceptors (Lipinski definition) is 3. The zero-order valence-electron chi connectivity index (χ0n) is 10.0. The van der Waals surface area contributed by atoms with E-state index in [2.05, 4.69) is 40.0 Å². The molecule has 0 aromatic carbocycles. The van der Waals surface area contributed by atoms with Gasteiger partial charge >= 0.3 is 0 Å². The maximum Gasteiger partial charge on any atom is 0.0524 e. The van der Waals surface area contributed by atoms with Crippen molar-refractivity contribution in [3.8, 4) is 0 Å². The first-order valence-electron chi connectivity index (χ1n) is 5.61. The van der Waals surface area contributed by atoms with Gasteiger partial charge in [0.25, 0.3) is 0 Å². The molecule has 1 heterocycles. The third kappa shape index (κ3) is 4.01. The second kappa shape index (κ2) is 6.58. The smallest absolute Gasteiger partial charge is 0.0524 e. The van der Waals surface area contributed by atoms with Crippen LogP contribution in [0.25, 0.3) is 0 Å².